The lowest BCUT2D eigenvalue weighted by Gasteiger charge is -2.29. The number of hydrogen-bond donors (Lipinski definition) is 1. The molecule has 5 atom stereocenters. The maximum atomic E-state index is 10.5. The van der Waals surface area contributed by atoms with Crippen molar-refractivity contribution in [3.8, 4) is 0 Å². The van der Waals surface area contributed by atoms with Gasteiger partial charge in [0.1, 0.15) is 18.3 Å². The molecule has 0 saturated carbocycles. The fourth-order valence-corrected chi connectivity index (χ4v) is 3.94. The minimum absolute atomic E-state index is 0.279. The number of aliphatic hydroxyl groups is 1. The first kappa shape index (κ1) is 15.5. The third-order valence-electron chi connectivity index (χ3n) is 4.96. The minimum Gasteiger partial charge on any atom is -0.387 e. The normalized spacial score (nSPS) is 39.7. The van der Waals surface area contributed by atoms with Gasteiger partial charge in [0, 0.05) is 25.0 Å². The summed E-state index contributed by atoms with van der Waals surface area (Å²) in [6.45, 7) is 5.38. The van der Waals surface area contributed by atoms with Crippen LogP contribution in [0, 0.1) is 0 Å². The average Bonchev–Trinajstić information content (AvgIpc) is 3.17. The van der Waals surface area contributed by atoms with Crippen LogP contribution in [0.1, 0.15) is 38.3 Å². The first-order valence-corrected chi connectivity index (χ1v) is 8.37. The number of fused-ring (bicyclic) bond motifs is 1. The molecule has 1 N–H and O–H groups in total. The molecule has 3 saturated heterocycles. The van der Waals surface area contributed by atoms with Gasteiger partial charge in [0.25, 0.3) is 0 Å². The van der Waals surface area contributed by atoms with Crippen molar-refractivity contribution >= 4 is 0 Å². The molecular weight excluding hydrogens is 296 g/mol. The van der Waals surface area contributed by atoms with Gasteiger partial charge in [-0.05, 0) is 44.9 Å². The third-order valence-corrected chi connectivity index (χ3v) is 4.96. The highest BCUT2D eigenvalue weighted by molar-refractivity contribution is 5.15. The van der Waals surface area contributed by atoms with Crippen molar-refractivity contribution in [3.63, 3.8) is 0 Å². The quantitative estimate of drug-likeness (QED) is 0.909. The van der Waals surface area contributed by atoms with Gasteiger partial charge in [-0.15, -0.1) is 0 Å². The molecule has 4 rings (SSSR count). The number of pyridine rings is 1. The molecule has 4 heterocycles. The topological polar surface area (TPSA) is 64.1 Å². The van der Waals surface area contributed by atoms with E-state index in [1.165, 1.54) is 5.56 Å². The Hall–Kier alpha value is -1.05. The van der Waals surface area contributed by atoms with Gasteiger partial charge in [0.2, 0.25) is 0 Å². The standard InChI is InChI=1S/C17H24N2O4/c1-17(2)22-15-14(20)13(21-16(15)23-17)10-19-8-4-6-12(19)11-5-3-7-18-9-11/h3,5,7,9,12-16,20H,4,6,8,10H2,1-2H3. The lowest BCUT2D eigenvalue weighted by atomic mass is 10.1. The molecule has 0 aliphatic carbocycles. The summed E-state index contributed by atoms with van der Waals surface area (Å²) in [5.74, 6) is -0.687. The van der Waals surface area contributed by atoms with E-state index in [9.17, 15) is 5.11 Å². The molecule has 3 aliphatic heterocycles. The van der Waals surface area contributed by atoms with Crippen LogP contribution in [0.3, 0.4) is 0 Å². The van der Waals surface area contributed by atoms with Gasteiger partial charge >= 0.3 is 0 Å². The maximum Gasteiger partial charge on any atom is 0.190 e. The van der Waals surface area contributed by atoms with E-state index >= 15 is 0 Å². The van der Waals surface area contributed by atoms with Crippen LogP contribution in [-0.4, -0.2) is 58.5 Å². The number of aliphatic hydroxyl groups excluding tert-OH is 1. The van der Waals surface area contributed by atoms with Gasteiger partial charge < -0.3 is 19.3 Å². The molecule has 1 aromatic heterocycles. The fourth-order valence-electron chi connectivity index (χ4n) is 3.94. The zero-order chi connectivity index (χ0) is 16.0. The average molecular weight is 320 g/mol. The molecule has 23 heavy (non-hydrogen) atoms. The van der Waals surface area contributed by atoms with Crippen LogP contribution in [0.5, 0.6) is 0 Å². The molecule has 1 aromatic rings. The predicted molar refractivity (Wildman–Crippen MR) is 82.5 cm³/mol. The second kappa shape index (κ2) is 5.79. The van der Waals surface area contributed by atoms with Crippen LogP contribution in [0.2, 0.25) is 0 Å². The van der Waals surface area contributed by atoms with Crippen molar-refractivity contribution < 1.29 is 19.3 Å². The van der Waals surface area contributed by atoms with Gasteiger partial charge in [-0.2, -0.15) is 0 Å². The Labute approximate surface area is 136 Å². The van der Waals surface area contributed by atoms with Gasteiger partial charge in [-0.25, -0.2) is 0 Å². The lowest BCUT2D eigenvalue weighted by Crippen LogP contribution is -2.41. The van der Waals surface area contributed by atoms with Crippen LogP contribution in [-0.2, 0) is 14.2 Å². The van der Waals surface area contributed by atoms with E-state index in [0.29, 0.717) is 12.6 Å². The van der Waals surface area contributed by atoms with Crippen molar-refractivity contribution in [2.24, 2.45) is 0 Å². The molecule has 0 amide bonds. The van der Waals surface area contributed by atoms with E-state index in [1.54, 1.807) is 6.20 Å². The second-order valence-corrected chi connectivity index (χ2v) is 7.07. The number of aromatic nitrogens is 1. The SMILES string of the molecule is CC1(C)OC2OC(CN3CCCC3c3cccnc3)C(O)C2O1. The van der Waals surface area contributed by atoms with Crippen molar-refractivity contribution in [1.29, 1.82) is 0 Å². The maximum absolute atomic E-state index is 10.5. The van der Waals surface area contributed by atoms with Crippen molar-refractivity contribution in [2.75, 3.05) is 13.1 Å². The summed E-state index contributed by atoms with van der Waals surface area (Å²) < 4.78 is 17.4. The Morgan fingerprint density at radius 2 is 2.26 bits per heavy atom. The van der Waals surface area contributed by atoms with Crippen LogP contribution in [0.4, 0.5) is 0 Å². The number of hydrogen-bond acceptors (Lipinski definition) is 6. The third kappa shape index (κ3) is 2.90. The molecule has 5 unspecified atom stereocenters. The van der Waals surface area contributed by atoms with Gasteiger partial charge in [-0.3, -0.25) is 9.88 Å². The van der Waals surface area contributed by atoms with E-state index in [1.807, 2.05) is 26.1 Å². The van der Waals surface area contributed by atoms with E-state index in [4.69, 9.17) is 14.2 Å². The van der Waals surface area contributed by atoms with Crippen LogP contribution >= 0.6 is 0 Å². The summed E-state index contributed by atoms with van der Waals surface area (Å²) in [5, 5.41) is 10.5. The zero-order valence-electron chi connectivity index (χ0n) is 13.6. The highest BCUT2D eigenvalue weighted by Crippen LogP contribution is 2.39. The van der Waals surface area contributed by atoms with E-state index < -0.39 is 24.3 Å². The fraction of sp³-hybridized carbons (Fsp3) is 0.706. The van der Waals surface area contributed by atoms with E-state index in [0.717, 1.165) is 19.4 Å². The Morgan fingerprint density at radius 3 is 3.00 bits per heavy atom. The summed E-state index contributed by atoms with van der Waals surface area (Å²) in [6, 6.07) is 4.44. The molecule has 0 aromatic carbocycles. The summed E-state index contributed by atoms with van der Waals surface area (Å²) >= 11 is 0. The molecule has 6 heteroatoms. The molecule has 0 spiro atoms. The largest absolute Gasteiger partial charge is 0.387 e. The van der Waals surface area contributed by atoms with Gasteiger partial charge in [0.05, 0.1) is 0 Å². The first-order valence-electron chi connectivity index (χ1n) is 8.37. The summed E-state index contributed by atoms with van der Waals surface area (Å²) in [6.07, 6.45) is 4.19. The Kier molecular flexibility index (Phi) is 3.90. The Morgan fingerprint density at radius 1 is 1.39 bits per heavy atom. The van der Waals surface area contributed by atoms with Crippen LogP contribution in [0.25, 0.3) is 0 Å². The molecule has 3 aliphatic rings. The highest BCUT2D eigenvalue weighted by atomic mass is 16.8. The number of nitrogens with zero attached hydrogens (tertiary/aromatic N) is 2. The number of likely N-dealkylation sites (tertiary alicyclic amines) is 1. The Bertz CT molecular complexity index is 553. The van der Waals surface area contributed by atoms with Crippen molar-refractivity contribution in [2.45, 2.75) is 63.1 Å². The second-order valence-electron chi connectivity index (χ2n) is 7.07. The van der Waals surface area contributed by atoms with Crippen LogP contribution in [0.15, 0.2) is 24.5 Å². The van der Waals surface area contributed by atoms with Crippen molar-refractivity contribution in [1.82, 2.24) is 9.88 Å². The summed E-state index contributed by atoms with van der Waals surface area (Å²) in [5.41, 5.74) is 1.23. The predicted octanol–water partition coefficient (Wildman–Crippen LogP) is 1.46. The molecule has 0 radical (unpaired) electrons. The lowest BCUT2D eigenvalue weighted by molar-refractivity contribution is -0.216. The molecule has 6 nitrogen and oxygen atoms in total. The molecule has 0 bridgehead atoms. The number of rotatable bonds is 3. The van der Waals surface area contributed by atoms with Crippen LogP contribution < -0.4 is 0 Å². The molecular formula is C17H24N2O4. The summed E-state index contributed by atoms with van der Waals surface area (Å²) in [4.78, 5) is 6.60. The molecule has 3 fully saturated rings. The first-order chi connectivity index (χ1) is 11.0. The number of ether oxygens (including phenoxy) is 3. The van der Waals surface area contributed by atoms with E-state index in [2.05, 4.69) is 16.0 Å². The van der Waals surface area contributed by atoms with Crippen molar-refractivity contribution in [3.05, 3.63) is 30.1 Å². The van der Waals surface area contributed by atoms with Gasteiger partial charge in [-0.1, -0.05) is 6.07 Å². The zero-order valence-corrected chi connectivity index (χ0v) is 13.6. The highest BCUT2D eigenvalue weighted by Gasteiger charge is 2.54. The minimum atomic E-state index is -0.687. The molecule has 126 valence electrons. The smallest absolute Gasteiger partial charge is 0.190 e. The van der Waals surface area contributed by atoms with Gasteiger partial charge in [0.15, 0.2) is 12.1 Å². The van der Waals surface area contributed by atoms with E-state index in [-0.39, 0.29) is 6.10 Å². The Balaban J connectivity index is 1.43. The summed E-state index contributed by atoms with van der Waals surface area (Å²) in [7, 11) is 0. The monoisotopic (exact) mass is 320 g/mol.